The van der Waals surface area contributed by atoms with Gasteiger partial charge >= 0.3 is 0 Å². The Morgan fingerprint density at radius 2 is 1.80 bits per heavy atom. The van der Waals surface area contributed by atoms with Gasteiger partial charge in [0, 0.05) is 23.6 Å². The van der Waals surface area contributed by atoms with Crippen molar-refractivity contribution in [2.75, 3.05) is 5.32 Å². The molecule has 2 nitrogen and oxygen atoms in total. The number of hydrogen-bond acceptors (Lipinski definition) is 2. The first-order chi connectivity index (χ1) is 6.85. The summed E-state index contributed by atoms with van der Waals surface area (Å²) in [4.78, 5) is 4.20. The Morgan fingerprint density at radius 1 is 1.20 bits per heavy atom. The maximum atomic E-state index is 4.20. The van der Waals surface area contributed by atoms with E-state index in [9.17, 15) is 0 Å². The second kappa shape index (κ2) is 2.97. The summed E-state index contributed by atoms with van der Waals surface area (Å²) in [5.41, 5.74) is 3.01. The molecule has 1 fully saturated rings. The largest absolute Gasteiger partial charge is 0.381 e. The van der Waals surface area contributed by atoms with E-state index in [1.165, 1.54) is 5.69 Å². The van der Waals surface area contributed by atoms with Gasteiger partial charge in [0.15, 0.2) is 0 Å². The first kappa shape index (κ1) is 10.5. The third-order valence-corrected chi connectivity index (χ3v) is 4.23. The molecule has 1 aliphatic carbocycles. The quantitative estimate of drug-likeness (QED) is 0.800. The molecule has 0 amide bonds. The lowest BCUT2D eigenvalue weighted by molar-refractivity contribution is 0.457. The van der Waals surface area contributed by atoms with Crippen molar-refractivity contribution in [1.82, 2.24) is 4.98 Å². The summed E-state index contributed by atoms with van der Waals surface area (Å²) in [6.07, 6.45) is 1.86. The Kier molecular flexibility index (Phi) is 2.07. The molecule has 0 unspecified atom stereocenters. The number of aryl methyl sites for hydroxylation is 1. The van der Waals surface area contributed by atoms with Gasteiger partial charge in [0.05, 0.1) is 0 Å². The van der Waals surface area contributed by atoms with Gasteiger partial charge in [0.1, 0.15) is 0 Å². The molecule has 1 aliphatic rings. The number of pyridine rings is 1. The minimum atomic E-state index is 0.379. The third-order valence-electron chi connectivity index (χ3n) is 4.23. The zero-order valence-corrected chi connectivity index (χ0v) is 10.3. The van der Waals surface area contributed by atoms with E-state index in [0.717, 1.165) is 5.69 Å². The highest BCUT2D eigenvalue weighted by Crippen LogP contribution is 2.63. The van der Waals surface area contributed by atoms with E-state index in [1.54, 1.807) is 0 Å². The zero-order chi connectivity index (χ0) is 11.3. The summed E-state index contributed by atoms with van der Waals surface area (Å²) >= 11 is 0. The Labute approximate surface area is 92.1 Å². The number of nitrogens with one attached hydrogen (secondary N) is 1. The van der Waals surface area contributed by atoms with E-state index >= 15 is 0 Å². The molecule has 0 aliphatic heterocycles. The lowest BCUT2D eigenvalue weighted by Crippen LogP contribution is -2.10. The highest BCUT2D eigenvalue weighted by Gasteiger charge is 2.64. The molecule has 0 bridgehead atoms. The van der Waals surface area contributed by atoms with Crippen LogP contribution in [0.15, 0.2) is 18.3 Å². The Morgan fingerprint density at radius 3 is 2.27 bits per heavy atom. The smallest absolute Gasteiger partial charge is 0.0393 e. The summed E-state index contributed by atoms with van der Waals surface area (Å²) in [6, 6.07) is 4.70. The Hall–Kier alpha value is -1.05. The molecule has 1 N–H and O–H groups in total. The summed E-state index contributed by atoms with van der Waals surface area (Å²) in [6.45, 7) is 11.3. The van der Waals surface area contributed by atoms with E-state index in [-0.39, 0.29) is 0 Å². The van der Waals surface area contributed by atoms with Crippen LogP contribution in [0.2, 0.25) is 0 Å². The molecule has 0 radical (unpaired) electrons. The predicted octanol–water partition coefficient (Wildman–Crippen LogP) is 3.24. The predicted molar refractivity (Wildman–Crippen MR) is 63.9 cm³/mol. The summed E-state index contributed by atoms with van der Waals surface area (Å²) in [7, 11) is 0. The SMILES string of the molecule is Cc1cc(NC2C(C)(C)C2(C)C)ccn1. The molecular weight excluding hydrogens is 184 g/mol. The summed E-state index contributed by atoms with van der Waals surface area (Å²) < 4.78 is 0. The van der Waals surface area contributed by atoms with Gasteiger partial charge in [-0.1, -0.05) is 27.7 Å². The van der Waals surface area contributed by atoms with Crippen molar-refractivity contribution in [3.8, 4) is 0 Å². The molecule has 1 saturated carbocycles. The number of aromatic nitrogens is 1. The Bertz CT molecular complexity index is 366. The van der Waals surface area contributed by atoms with Crippen LogP contribution in [0.25, 0.3) is 0 Å². The lowest BCUT2D eigenvalue weighted by atomic mass is 10.0. The van der Waals surface area contributed by atoms with E-state index < -0.39 is 0 Å². The molecule has 2 heteroatoms. The van der Waals surface area contributed by atoms with E-state index in [1.807, 2.05) is 19.2 Å². The van der Waals surface area contributed by atoms with E-state index in [2.05, 4.69) is 44.1 Å². The van der Waals surface area contributed by atoms with Gasteiger partial charge in [-0.2, -0.15) is 0 Å². The maximum Gasteiger partial charge on any atom is 0.0393 e. The van der Waals surface area contributed by atoms with Gasteiger partial charge in [-0.15, -0.1) is 0 Å². The molecule has 0 atom stereocenters. The van der Waals surface area contributed by atoms with Crippen molar-refractivity contribution < 1.29 is 0 Å². The molecule has 15 heavy (non-hydrogen) atoms. The van der Waals surface area contributed by atoms with Crippen molar-refractivity contribution >= 4 is 5.69 Å². The highest BCUT2D eigenvalue weighted by atomic mass is 15.0. The van der Waals surface area contributed by atoms with E-state index in [0.29, 0.717) is 16.9 Å². The standard InChI is InChI=1S/C13H20N2/c1-9-8-10(6-7-14-9)15-11-12(2,3)13(11,4)5/h6-8,11H,1-5H3,(H,14,15). The lowest BCUT2D eigenvalue weighted by Gasteiger charge is -2.08. The van der Waals surface area contributed by atoms with E-state index in [4.69, 9.17) is 0 Å². The van der Waals surface area contributed by atoms with Gasteiger partial charge in [0.25, 0.3) is 0 Å². The molecule has 1 aromatic heterocycles. The van der Waals surface area contributed by atoms with Crippen molar-refractivity contribution in [2.24, 2.45) is 10.8 Å². The number of anilines is 1. The minimum absolute atomic E-state index is 0.379. The Balaban J connectivity index is 2.12. The van der Waals surface area contributed by atoms with Crippen LogP contribution in [-0.2, 0) is 0 Å². The molecule has 2 rings (SSSR count). The van der Waals surface area contributed by atoms with Crippen molar-refractivity contribution in [1.29, 1.82) is 0 Å². The fourth-order valence-electron chi connectivity index (χ4n) is 2.36. The van der Waals surface area contributed by atoms with Gasteiger partial charge in [0.2, 0.25) is 0 Å². The molecule has 1 aromatic rings. The normalized spacial score (nSPS) is 22.5. The van der Waals surface area contributed by atoms with Gasteiger partial charge in [-0.05, 0) is 29.9 Å². The van der Waals surface area contributed by atoms with Crippen molar-refractivity contribution in [3.05, 3.63) is 24.0 Å². The minimum Gasteiger partial charge on any atom is -0.381 e. The van der Waals surface area contributed by atoms with Crippen molar-refractivity contribution in [3.63, 3.8) is 0 Å². The van der Waals surface area contributed by atoms with Crippen LogP contribution in [0, 0.1) is 17.8 Å². The molecule has 82 valence electrons. The fourth-order valence-corrected chi connectivity index (χ4v) is 2.36. The van der Waals surface area contributed by atoms with Crippen LogP contribution >= 0.6 is 0 Å². The average Bonchev–Trinajstić information content (AvgIpc) is 2.48. The molecule has 1 heterocycles. The number of hydrogen-bond donors (Lipinski definition) is 1. The van der Waals surface area contributed by atoms with Crippen LogP contribution in [0.4, 0.5) is 5.69 Å². The second-order valence-electron chi connectivity index (χ2n) is 5.71. The molecule has 0 spiro atoms. The van der Waals surface area contributed by atoms with Gasteiger partial charge in [-0.25, -0.2) is 0 Å². The van der Waals surface area contributed by atoms with Crippen LogP contribution in [-0.4, -0.2) is 11.0 Å². The summed E-state index contributed by atoms with van der Waals surface area (Å²) in [5, 5.41) is 3.60. The maximum absolute atomic E-state index is 4.20. The number of rotatable bonds is 2. The van der Waals surface area contributed by atoms with Gasteiger partial charge in [-0.3, -0.25) is 4.98 Å². The molecule has 0 saturated heterocycles. The van der Waals surface area contributed by atoms with Crippen LogP contribution in [0.5, 0.6) is 0 Å². The zero-order valence-electron chi connectivity index (χ0n) is 10.3. The molecule has 0 aromatic carbocycles. The topological polar surface area (TPSA) is 24.9 Å². The van der Waals surface area contributed by atoms with Crippen LogP contribution in [0.1, 0.15) is 33.4 Å². The third kappa shape index (κ3) is 1.52. The second-order valence-corrected chi connectivity index (χ2v) is 5.71. The molecular formula is C13H20N2. The summed E-state index contributed by atoms with van der Waals surface area (Å²) in [5.74, 6) is 0. The van der Waals surface area contributed by atoms with Crippen LogP contribution in [0.3, 0.4) is 0 Å². The average molecular weight is 204 g/mol. The van der Waals surface area contributed by atoms with Crippen molar-refractivity contribution in [2.45, 2.75) is 40.7 Å². The highest BCUT2D eigenvalue weighted by molar-refractivity contribution is 5.48. The van der Waals surface area contributed by atoms with Gasteiger partial charge < -0.3 is 5.32 Å². The first-order valence-electron chi connectivity index (χ1n) is 5.55. The monoisotopic (exact) mass is 204 g/mol. The fraction of sp³-hybridized carbons (Fsp3) is 0.615. The van der Waals surface area contributed by atoms with Crippen LogP contribution < -0.4 is 5.32 Å². The number of nitrogens with zero attached hydrogens (tertiary/aromatic N) is 1. The first-order valence-corrected chi connectivity index (χ1v) is 5.55.